The van der Waals surface area contributed by atoms with Gasteiger partial charge in [-0.1, -0.05) is 61.3 Å². The molecule has 35 heavy (non-hydrogen) atoms. The number of benzene rings is 2. The quantitative estimate of drug-likeness (QED) is 0.278. The van der Waals surface area contributed by atoms with E-state index in [0.29, 0.717) is 23.8 Å². The second-order valence-corrected chi connectivity index (χ2v) is 9.85. The Labute approximate surface area is 223 Å². The van der Waals surface area contributed by atoms with Gasteiger partial charge in [0.15, 0.2) is 0 Å². The lowest BCUT2D eigenvalue weighted by molar-refractivity contribution is -0.131. The first kappa shape index (κ1) is 29.5. The van der Waals surface area contributed by atoms with Gasteiger partial charge in [-0.3, -0.25) is 0 Å². The summed E-state index contributed by atoms with van der Waals surface area (Å²) < 4.78 is 5.74. The molecule has 0 spiro atoms. The van der Waals surface area contributed by atoms with Gasteiger partial charge in [0.2, 0.25) is 0 Å². The molecule has 0 radical (unpaired) electrons. The molecule has 192 valence electrons. The highest BCUT2D eigenvalue weighted by molar-refractivity contribution is 6.43. The fraction of sp³-hybridized carbons (Fsp3) is 0.444. The van der Waals surface area contributed by atoms with Crippen LogP contribution in [0.25, 0.3) is 6.08 Å². The zero-order chi connectivity index (χ0) is 24.7. The predicted molar refractivity (Wildman–Crippen MR) is 145 cm³/mol. The Balaban J connectivity index is 0.00000432. The van der Waals surface area contributed by atoms with E-state index in [4.69, 9.17) is 33.0 Å². The summed E-state index contributed by atoms with van der Waals surface area (Å²) in [6.07, 6.45) is 6.88. The SMILES string of the molecule is CCC(CC)(CC1Cc2ccccc2C1)NC[C@@H](O)COc1cc(Cl)c(Cl)c(/C=C/C(=O)O)c1.Cl. The van der Waals surface area contributed by atoms with Gasteiger partial charge in [-0.2, -0.15) is 0 Å². The van der Waals surface area contributed by atoms with Crippen LogP contribution >= 0.6 is 35.6 Å². The molecule has 0 aliphatic heterocycles. The van der Waals surface area contributed by atoms with Gasteiger partial charge in [-0.05, 0) is 66.9 Å². The fourth-order valence-corrected chi connectivity index (χ4v) is 5.13. The first-order valence-electron chi connectivity index (χ1n) is 11.8. The van der Waals surface area contributed by atoms with E-state index in [2.05, 4.69) is 43.4 Å². The van der Waals surface area contributed by atoms with Crippen molar-refractivity contribution < 1.29 is 19.7 Å². The lowest BCUT2D eigenvalue weighted by Crippen LogP contribution is -2.49. The average Bonchev–Trinajstić information content (AvgIpc) is 3.23. The average molecular weight is 543 g/mol. The summed E-state index contributed by atoms with van der Waals surface area (Å²) >= 11 is 12.3. The third-order valence-electron chi connectivity index (χ3n) is 6.76. The van der Waals surface area contributed by atoms with Crippen molar-refractivity contribution >= 4 is 47.7 Å². The number of aliphatic hydroxyl groups is 1. The van der Waals surface area contributed by atoms with Crippen LogP contribution in [0.2, 0.25) is 10.0 Å². The number of carboxylic acids is 1. The highest BCUT2D eigenvalue weighted by atomic mass is 35.5. The topological polar surface area (TPSA) is 78.8 Å². The Morgan fingerprint density at radius 3 is 2.40 bits per heavy atom. The number of halogens is 3. The normalized spacial score (nSPS) is 14.5. The van der Waals surface area contributed by atoms with Crippen molar-refractivity contribution in [3.8, 4) is 5.75 Å². The molecule has 1 atom stereocenters. The summed E-state index contributed by atoms with van der Waals surface area (Å²) in [4.78, 5) is 10.8. The lowest BCUT2D eigenvalue weighted by atomic mass is 9.81. The van der Waals surface area contributed by atoms with E-state index in [-0.39, 0.29) is 34.6 Å². The van der Waals surface area contributed by atoms with Crippen molar-refractivity contribution in [2.45, 2.75) is 57.6 Å². The number of fused-ring (bicyclic) bond motifs is 1. The van der Waals surface area contributed by atoms with E-state index in [9.17, 15) is 9.90 Å². The van der Waals surface area contributed by atoms with Gasteiger partial charge < -0.3 is 20.3 Å². The Hall–Kier alpha value is -1.76. The molecular formula is C27H34Cl3NO4. The van der Waals surface area contributed by atoms with Gasteiger partial charge in [0.25, 0.3) is 0 Å². The van der Waals surface area contributed by atoms with E-state index in [0.717, 1.165) is 38.2 Å². The van der Waals surface area contributed by atoms with Crippen LogP contribution in [-0.2, 0) is 17.6 Å². The van der Waals surface area contributed by atoms with Crippen LogP contribution in [0.5, 0.6) is 5.75 Å². The highest BCUT2D eigenvalue weighted by Gasteiger charge is 2.32. The van der Waals surface area contributed by atoms with Crippen molar-refractivity contribution in [1.29, 1.82) is 0 Å². The summed E-state index contributed by atoms with van der Waals surface area (Å²) in [6.45, 7) is 4.88. The Morgan fingerprint density at radius 2 is 1.83 bits per heavy atom. The molecule has 1 aliphatic rings. The predicted octanol–water partition coefficient (Wildman–Crippen LogP) is 6.21. The molecule has 2 aromatic carbocycles. The van der Waals surface area contributed by atoms with Crippen molar-refractivity contribution in [1.82, 2.24) is 5.32 Å². The Kier molecular flexibility index (Phi) is 11.4. The monoisotopic (exact) mass is 541 g/mol. The molecule has 1 aliphatic carbocycles. The van der Waals surface area contributed by atoms with Gasteiger partial charge >= 0.3 is 5.97 Å². The first-order valence-corrected chi connectivity index (χ1v) is 12.5. The maximum absolute atomic E-state index is 10.8. The van der Waals surface area contributed by atoms with Crippen molar-refractivity contribution in [3.05, 3.63) is 69.2 Å². The summed E-state index contributed by atoms with van der Waals surface area (Å²) in [5.41, 5.74) is 3.32. The lowest BCUT2D eigenvalue weighted by Gasteiger charge is -2.36. The number of nitrogens with one attached hydrogen (secondary N) is 1. The molecule has 0 saturated carbocycles. The summed E-state index contributed by atoms with van der Waals surface area (Å²) in [6, 6.07) is 11.9. The maximum atomic E-state index is 10.8. The smallest absolute Gasteiger partial charge is 0.328 e. The zero-order valence-electron chi connectivity index (χ0n) is 20.1. The van der Waals surface area contributed by atoms with Crippen LogP contribution in [-0.4, -0.2) is 41.0 Å². The summed E-state index contributed by atoms with van der Waals surface area (Å²) in [5, 5.41) is 23.6. The van der Waals surface area contributed by atoms with E-state index in [1.165, 1.54) is 17.2 Å². The van der Waals surface area contributed by atoms with Crippen LogP contribution in [0.4, 0.5) is 0 Å². The minimum atomic E-state index is -1.09. The van der Waals surface area contributed by atoms with Crippen LogP contribution in [0.15, 0.2) is 42.5 Å². The molecule has 2 aromatic rings. The molecule has 0 amide bonds. The molecular weight excluding hydrogens is 509 g/mol. The number of hydrogen-bond acceptors (Lipinski definition) is 4. The number of hydrogen-bond donors (Lipinski definition) is 3. The molecule has 3 N–H and O–H groups in total. The number of aliphatic carboxylic acids is 1. The largest absolute Gasteiger partial charge is 0.491 e. The third-order valence-corrected chi connectivity index (χ3v) is 7.58. The molecule has 0 heterocycles. The van der Waals surface area contributed by atoms with E-state index in [1.54, 1.807) is 12.1 Å². The number of aliphatic hydroxyl groups excluding tert-OH is 1. The summed E-state index contributed by atoms with van der Waals surface area (Å²) in [5.74, 6) is -0.0667. The Bertz CT molecular complexity index is 998. The van der Waals surface area contributed by atoms with Gasteiger partial charge in [0, 0.05) is 24.2 Å². The highest BCUT2D eigenvalue weighted by Crippen LogP contribution is 2.35. The second-order valence-electron chi connectivity index (χ2n) is 9.06. The molecule has 0 bridgehead atoms. The van der Waals surface area contributed by atoms with Crippen LogP contribution in [0, 0.1) is 5.92 Å². The van der Waals surface area contributed by atoms with Gasteiger partial charge in [0.1, 0.15) is 18.5 Å². The first-order chi connectivity index (χ1) is 16.2. The molecule has 0 saturated heterocycles. The van der Waals surface area contributed by atoms with Crippen LogP contribution < -0.4 is 10.1 Å². The number of carbonyl (C=O) groups is 1. The minimum Gasteiger partial charge on any atom is -0.491 e. The van der Waals surface area contributed by atoms with Gasteiger partial charge in [0.05, 0.1) is 10.0 Å². The van der Waals surface area contributed by atoms with E-state index in [1.807, 2.05) is 0 Å². The molecule has 0 unspecified atom stereocenters. The van der Waals surface area contributed by atoms with Crippen LogP contribution in [0.3, 0.4) is 0 Å². The zero-order valence-corrected chi connectivity index (χ0v) is 22.4. The van der Waals surface area contributed by atoms with E-state index < -0.39 is 12.1 Å². The number of ether oxygens (including phenoxy) is 1. The van der Waals surface area contributed by atoms with Crippen molar-refractivity contribution in [2.75, 3.05) is 13.2 Å². The fourth-order valence-electron chi connectivity index (χ4n) is 4.74. The molecule has 0 aromatic heterocycles. The molecule has 3 rings (SSSR count). The van der Waals surface area contributed by atoms with E-state index >= 15 is 0 Å². The molecule has 8 heteroatoms. The van der Waals surface area contributed by atoms with Crippen molar-refractivity contribution in [2.24, 2.45) is 5.92 Å². The summed E-state index contributed by atoms with van der Waals surface area (Å²) in [7, 11) is 0. The maximum Gasteiger partial charge on any atom is 0.328 e. The van der Waals surface area contributed by atoms with Crippen molar-refractivity contribution in [3.63, 3.8) is 0 Å². The second kappa shape index (κ2) is 13.5. The molecule has 5 nitrogen and oxygen atoms in total. The van der Waals surface area contributed by atoms with Gasteiger partial charge in [-0.25, -0.2) is 4.79 Å². The van der Waals surface area contributed by atoms with Gasteiger partial charge in [-0.15, -0.1) is 12.4 Å². The third kappa shape index (κ3) is 8.12. The number of carboxylic acid groups (broad SMARTS) is 1. The molecule has 0 fully saturated rings. The number of rotatable bonds is 12. The minimum absolute atomic E-state index is 0. The number of β-amino-alcohol motifs (C(OH)–C–C–N with tert-alkyl or cyclic N) is 1. The Morgan fingerprint density at radius 1 is 1.20 bits per heavy atom. The standard InChI is InChI=1S/C27H33Cl2NO4.ClH/c1-3-27(4-2,15-18-11-19-7-5-6-8-20(19)12-18)30-16-22(31)17-34-23-13-21(9-10-25(32)33)26(29)24(28)14-23;/h5-10,13-14,18,22,30-31H,3-4,11-12,15-17H2,1-2H3,(H,32,33);1H/b10-9+;/t22-;/m1./s1. The van der Waals surface area contributed by atoms with Crippen LogP contribution in [0.1, 0.15) is 49.8 Å².